The van der Waals surface area contributed by atoms with Gasteiger partial charge in [0.05, 0.1) is 0 Å². The minimum Gasteiger partial charge on any atom is -0.476 e. The highest BCUT2D eigenvalue weighted by Gasteiger charge is 2.00. The van der Waals surface area contributed by atoms with Crippen molar-refractivity contribution in [1.29, 1.82) is 0 Å². The minimum absolute atomic E-state index is 0.524. The third kappa shape index (κ3) is 3.75. The van der Waals surface area contributed by atoms with Crippen molar-refractivity contribution >= 4 is 0 Å². The summed E-state index contributed by atoms with van der Waals surface area (Å²) in [4.78, 5) is 4.37. The molecule has 0 aromatic carbocycles. The molecule has 1 heterocycles. The Morgan fingerprint density at radius 2 is 2.21 bits per heavy atom. The number of hydrogen-bond donors (Lipinski definition) is 1. The maximum atomic E-state index is 5.34. The molecule has 3 heteroatoms. The summed E-state index contributed by atoms with van der Waals surface area (Å²) in [6.07, 6.45) is 0.986. The number of aromatic nitrogens is 1. The van der Waals surface area contributed by atoms with Gasteiger partial charge in [-0.1, -0.05) is 19.9 Å². The van der Waals surface area contributed by atoms with Crippen molar-refractivity contribution in [2.24, 2.45) is 11.7 Å². The third-order valence-corrected chi connectivity index (χ3v) is 1.77. The fourth-order valence-corrected chi connectivity index (χ4v) is 1.23. The highest BCUT2D eigenvalue weighted by atomic mass is 16.5. The molecule has 2 N–H and O–H groups in total. The largest absolute Gasteiger partial charge is 0.476 e. The molecule has 0 aliphatic carbocycles. The van der Waals surface area contributed by atoms with Crippen molar-refractivity contribution in [3.63, 3.8) is 0 Å². The molecule has 0 aliphatic heterocycles. The molecule has 0 bridgehead atoms. The highest BCUT2D eigenvalue weighted by Crippen LogP contribution is 2.10. The monoisotopic (exact) mass is 194 g/mol. The second-order valence-electron chi connectivity index (χ2n) is 3.70. The maximum Gasteiger partial charge on any atom is 0.213 e. The number of pyridine rings is 1. The van der Waals surface area contributed by atoms with Crippen LogP contribution in [0.2, 0.25) is 0 Å². The summed E-state index contributed by atoms with van der Waals surface area (Å²) in [7, 11) is 0. The Balaban J connectivity index is 2.59. The molecular weight excluding hydrogens is 176 g/mol. The topological polar surface area (TPSA) is 48.1 Å². The average Bonchev–Trinajstić information content (AvgIpc) is 2.14. The molecule has 3 nitrogen and oxygen atoms in total. The van der Waals surface area contributed by atoms with Gasteiger partial charge in [0.2, 0.25) is 5.88 Å². The molecule has 0 saturated heterocycles. The number of rotatable bonds is 5. The molecule has 0 radical (unpaired) electrons. The van der Waals surface area contributed by atoms with E-state index < -0.39 is 0 Å². The van der Waals surface area contributed by atoms with E-state index in [4.69, 9.17) is 10.5 Å². The Morgan fingerprint density at radius 1 is 1.43 bits per heavy atom. The minimum atomic E-state index is 0.524. The van der Waals surface area contributed by atoms with Crippen LogP contribution in [0.3, 0.4) is 0 Å². The first-order chi connectivity index (χ1) is 6.72. The van der Waals surface area contributed by atoms with Crippen LogP contribution in [-0.4, -0.2) is 18.1 Å². The number of ether oxygens (including phenoxy) is 1. The van der Waals surface area contributed by atoms with Gasteiger partial charge in [-0.3, -0.25) is 0 Å². The second kappa shape index (κ2) is 5.60. The van der Waals surface area contributed by atoms with E-state index in [-0.39, 0.29) is 0 Å². The lowest BCUT2D eigenvalue weighted by molar-refractivity contribution is 0.314. The molecule has 1 rings (SSSR count). The number of nitrogens with two attached hydrogens (primary N) is 1. The molecule has 0 atom stereocenters. The summed E-state index contributed by atoms with van der Waals surface area (Å²) in [5, 5.41) is 0. The third-order valence-electron chi connectivity index (χ3n) is 1.77. The SMILES string of the molecule is CC(C)Cc1cccc(OCCN)n1. The molecule has 0 fully saturated rings. The predicted octanol–water partition coefficient (Wildman–Crippen LogP) is 1.62. The first-order valence-electron chi connectivity index (χ1n) is 5.01. The van der Waals surface area contributed by atoms with E-state index >= 15 is 0 Å². The summed E-state index contributed by atoms with van der Waals surface area (Å²) < 4.78 is 5.34. The standard InChI is InChI=1S/C11H18N2O/c1-9(2)8-10-4-3-5-11(13-10)14-7-6-12/h3-5,9H,6-8,12H2,1-2H3. The van der Waals surface area contributed by atoms with Gasteiger partial charge in [0.15, 0.2) is 0 Å². The summed E-state index contributed by atoms with van der Waals surface area (Å²) >= 11 is 0. The van der Waals surface area contributed by atoms with E-state index in [9.17, 15) is 0 Å². The van der Waals surface area contributed by atoms with Gasteiger partial charge in [-0.05, 0) is 18.4 Å². The van der Waals surface area contributed by atoms with E-state index in [1.807, 2.05) is 18.2 Å². The fourth-order valence-electron chi connectivity index (χ4n) is 1.23. The van der Waals surface area contributed by atoms with Gasteiger partial charge in [-0.15, -0.1) is 0 Å². The summed E-state index contributed by atoms with van der Waals surface area (Å²) in [5.74, 6) is 1.29. The molecule has 78 valence electrons. The Labute approximate surface area is 85.3 Å². The van der Waals surface area contributed by atoms with E-state index in [0.29, 0.717) is 24.9 Å². The Bertz CT molecular complexity index is 274. The summed E-state index contributed by atoms with van der Waals surface area (Å²) in [5.41, 5.74) is 6.42. The Kier molecular flexibility index (Phi) is 4.40. The maximum absolute atomic E-state index is 5.34. The van der Waals surface area contributed by atoms with E-state index in [2.05, 4.69) is 18.8 Å². The summed E-state index contributed by atoms with van der Waals surface area (Å²) in [6, 6.07) is 5.85. The normalized spacial score (nSPS) is 10.6. The van der Waals surface area contributed by atoms with Crippen molar-refractivity contribution < 1.29 is 4.74 Å². The zero-order chi connectivity index (χ0) is 10.4. The quantitative estimate of drug-likeness (QED) is 0.774. The van der Waals surface area contributed by atoms with Gasteiger partial charge in [0.25, 0.3) is 0 Å². The Hall–Kier alpha value is -1.09. The zero-order valence-corrected chi connectivity index (χ0v) is 8.86. The van der Waals surface area contributed by atoms with Crippen molar-refractivity contribution in [3.05, 3.63) is 23.9 Å². The molecule has 0 spiro atoms. The van der Waals surface area contributed by atoms with Crippen LogP contribution in [0.5, 0.6) is 5.88 Å². The fraction of sp³-hybridized carbons (Fsp3) is 0.545. The smallest absolute Gasteiger partial charge is 0.213 e. The van der Waals surface area contributed by atoms with Crippen molar-refractivity contribution in [2.45, 2.75) is 20.3 Å². The van der Waals surface area contributed by atoms with Crippen LogP contribution in [0.4, 0.5) is 0 Å². The molecular formula is C11H18N2O. The van der Waals surface area contributed by atoms with E-state index in [0.717, 1.165) is 12.1 Å². The van der Waals surface area contributed by atoms with Crippen LogP contribution >= 0.6 is 0 Å². The van der Waals surface area contributed by atoms with Crippen LogP contribution < -0.4 is 10.5 Å². The van der Waals surface area contributed by atoms with Crippen LogP contribution in [0.15, 0.2) is 18.2 Å². The second-order valence-corrected chi connectivity index (χ2v) is 3.70. The molecule has 0 amide bonds. The van der Waals surface area contributed by atoms with Crippen molar-refractivity contribution in [1.82, 2.24) is 4.98 Å². The van der Waals surface area contributed by atoms with E-state index in [1.54, 1.807) is 0 Å². The van der Waals surface area contributed by atoms with Gasteiger partial charge in [0, 0.05) is 18.3 Å². The average molecular weight is 194 g/mol. The predicted molar refractivity (Wildman–Crippen MR) is 57.3 cm³/mol. The molecule has 0 unspecified atom stereocenters. The molecule has 1 aromatic rings. The number of nitrogens with zero attached hydrogens (tertiary/aromatic N) is 1. The first-order valence-corrected chi connectivity index (χ1v) is 5.01. The van der Waals surface area contributed by atoms with E-state index in [1.165, 1.54) is 0 Å². The lowest BCUT2D eigenvalue weighted by Gasteiger charge is -2.07. The van der Waals surface area contributed by atoms with Crippen LogP contribution in [0, 0.1) is 5.92 Å². The first kappa shape index (κ1) is 11.0. The lowest BCUT2D eigenvalue weighted by atomic mass is 10.1. The summed E-state index contributed by atoms with van der Waals surface area (Å²) in [6.45, 7) is 5.40. The highest BCUT2D eigenvalue weighted by molar-refractivity contribution is 5.16. The van der Waals surface area contributed by atoms with Gasteiger partial charge < -0.3 is 10.5 Å². The van der Waals surface area contributed by atoms with Gasteiger partial charge in [-0.2, -0.15) is 0 Å². The van der Waals surface area contributed by atoms with Gasteiger partial charge >= 0.3 is 0 Å². The Morgan fingerprint density at radius 3 is 2.86 bits per heavy atom. The van der Waals surface area contributed by atoms with Crippen LogP contribution in [-0.2, 0) is 6.42 Å². The molecule has 0 saturated carbocycles. The van der Waals surface area contributed by atoms with Crippen molar-refractivity contribution in [2.75, 3.05) is 13.2 Å². The molecule has 14 heavy (non-hydrogen) atoms. The number of hydrogen-bond acceptors (Lipinski definition) is 3. The van der Waals surface area contributed by atoms with Gasteiger partial charge in [-0.25, -0.2) is 4.98 Å². The van der Waals surface area contributed by atoms with Gasteiger partial charge in [0.1, 0.15) is 6.61 Å². The molecule has 1 aromatic heterocycles. The van der Waals surface area contributed by atoms with Crippen LogP contribution in [0.1, 0.15) is 19.5 Å². The molecule has 0 aliphatic rings. The lowest BCUT2D eigenvalue weighted by Crippen LogP contribution is -2.11. The van der Waals surface area contributed by atoms with Crippen molar-refractivity contribution in [3.8, 4) is 5.88 Å². The van der Waals surface area contributed by atoms with Crippen LogP contribution in [0.25, 0.3) is 0 Å². The zero-order valence-electron chi connectivity index (χ0n) is 8.86.